The Morgan fingerprint density at radius 3 is 2.86 bits per heavy atom. The number of aliphatic imine (C=N–C) groups is 1. The molecule has 1 aromatic carbocycles. The number of aryl methyl sites for hydroxylation is 1. The lowest BCUT2D eigenvalue weighted by Crippen LogP contribution is -2.35. The first-order chi connectivity index (χ1) is 17.4. The van der Waals surface area contributed by atoms with Gasteiger partial charge in [0.25, 0.3) is 5.91 Å². The first-order valence-electron chi connectivity index (χ1n) is 10.9. The molecule has 5 N–H and O–H groups in total. The number of amides is 2. The lowest BCUT2D eigenvalue weighted by Gasteiger charge is -2.08. The van der Waals surface area contributed by atoms with Crippen LogP contribution in [0.2, 0.25) is 5.02 Å². The Balaban J connectivity index is 1.32. The molecule has 1 aliphatic rings. The lowest BCUT2D eigenvalue weighted by molar-refractivity contribution is -0.119. The number of likely N-dealkylation sites (N-methyl/N-ethyl adjacent to an activating group) is 1. The van der Waals surface area contributed by atoms with E-state index >= 15 is 0 Å². The van der Waals surface area contributed by atoms with Crippen LogP contribution in [0.5, 0.6) is 0 Å². The number of benzene rings is 1. The number of carbonyl (C=O) groups excluding carboxylic acids is 2. The predicted octanol–water partition coefficient (Wildman–Crippen LogP) is 1.90. The molecule has 2 amide bonds. The van der Waals surface area contributed by atoms with Crippen LogP contribution in [-0.2, 0) is 16.6 Å². The van der Waals surface area contributed by atoms with Crippen molar-refractivity contribution in [1.82, 2.24) is 41.2 Å². The molecule has 0 radical (unpaired) electrons. The predicted molar refractivity (Wildman–Crippen MR) is 133 cm³/mol. The van der Waals surface area contributed by atoms with Gasteiger partial charge < -0.3 is 20.4 Å². The lowest BCUT2D eigenvalue weighted by atomic mass is 10.1. The number of rotatable bonds is 6. The molecule has 3 aromatic heterocycles. The molecular weight excluding hydrogens is 486 g/mol. The van der Waals surface area contributed by atoms with E-state index in [1.807, 2.05) is 25.5 Å². The van der Waals surface area contributed by atoms with Crippen molar-refractivity contribution in [3.63, 3.8) is 0 Å². The summed E-state index contributed by atoms with van der Waals surface area (Å²) in [4.78, 5) is 35.6. The maximum Gasteiger partial charge on any atom is 0.306 e. The molecule has 1 saturated heterocycles. The van der Waals surface area contributed by atoms with Crippen LogP contribution >= 0.6 is 11.6 Å². The van der Waals surface area contributed by atoms with Gasteiger partial charge in [-0.15, -0.1) is 0 Å². The van der Waals surface area contributed by atoms with E-state index in [9.17, 15) is 9.59 Å². The van der Waals surface area contributed by atoms with Crippen molar-refractivity contribution in [2.24, 2.45) is 12.0 Å². The zero-order chi connectivity index (χ0) is 25.2. The molecule has 1 atom stereocenters. The number of amidine groups is 1. The van der Waals surface area contributed by atoms with Crippen LogP contribution in [0.15, 0.2) is 54.0 Å². The second-order valence-electron chi connectivity index (χ2n) is 7.97. The van der Waals surface area contributed by atoms with E-state index in [1.165, 1.54) is 13.1 Å². The highest BCUT2D eigenvalue weighted by Gasteiger charge is 2.26. The molecule has 13 heteroatoms. The van der Waals surface area contributed by atoms with Crippen molar-refractivity contribution in [2.45, 2.75) is 6.23 Å². The summed E-state index contributed by atoms with van der Waals surface area (Å²) in [5.41, 5.74) is 10.1. The van der Waals surface area contributed by atoms with Crippen molar-refractivity contribution in [3.8, 4) is 11.1 Å². The number of hydrogen-bond acceptors (Lipinski definition) is 7. The quantitative estimate of drug-likeness (QED) is 0.267. The average Bonchev–Trinajstić information content (AvgIpc) is 3.62. The Bertz CT molecular complexity index is 1490. The number of aromatic nitrogens is 4. The molecule has 36 heavy (non-hydrogen) atoms. The van der Waals surface area contributed by atoms with E-state index in [-0.39, 0.29) is 23.5 Å². The molecule has 1 fully saturated rings. The van der Waals surface area contributed by atoms with E-state index in [4.69, 9.17) is 16.3 Å². The number of nitrogens with zero attached hydrogens (tertiary/aromatic N) is 4. The fraction of sp³-hybridized carbons (Fsp3) is 0.174. The third-order valence-electron chi connectivity index (χ3n) is 5.54. The maximum absolute atomic E-state index is 12.2. The molecule has 1 aliphatic heterocycles. The number of H-pyrrole nitrogens is 1. The van der Waals surface area contributed by atoms with Gasteiger partial charge in [0.1, 0.15) is 5.65 Å². The summed E-state index contributed by atoms with van der Waals surface area (Å²) in [5, 5.41) is 10.3. The van der Waals surface area contributed by atoms with Crippen molar-refractivity contribution >= 4 is 46.2 Å². The number of ether oxygens (including phenoxy) is 1. The monoisotopic (exact) mass is 507 g/mol. The first kappa shape index (κ1) is 23.3. The Kier molecular flexibility index (Phi) is 6.27. The highest BCUT2D eigenvalue weighted by molar-refractivity contribution is 6.33. The number of pyridine rings is 1. The minimum absolute atomic E-state index is 0.130. The third-order valence-corrected chi connectivity index (χ3v) is 5.85. The summed E-state index contributed by atoms with van der Waals surface area (Å²) in [7, 11) is 3.36. The second kappa shape index (κ2) is 9.68. The van der Waals surface area contributed by atoms with E-state index in [2.05, 4.69) is 41.5 Å². The number of aromatic amines is 1. The molecule has 0 aliphatic carbocycles. The third kappa shape index (κ3) is 4.72. The topological polar surface area (TPSA) is 150 Å². The highest BCUT2D eigenvalue weighted by atomic mass is 35.5. The molecule has 4 heterocycles. The number of carbonyl (C=O) groups is 2. The summed E-state index contributed by atoms with van der Waals surface area (Å²) in [6, 6.07) is 6.87. The number of hydrazine groups is 1. The Hall–Kier alpha value is -4.42. The van der Waals surface area contributed by atoms with Gasteiger partial charge in [0, 0.05) is 60.3 Å². The minimum Gasteiger partial charge on any atom is -0.439 e. The van der Waals surface area contributed by atoms with Gasteiger partial charge in [-0.2, -0.15) is 15.5 Å². The standard InChI is InChI=1S/C23H22ClN9O3/c1-25-19(34)10-28-21(35)12-3-4-18(17(24)6-12)30-23-32-31-22(36-23)16-9-27-20-15(16)5-13(7-26-20)14-8-29-33(2)11-14/h3-9,11,22,31H,10H2,1-2H3,(H,25,34)(H,26,27)(H,28,35)(H,30,32). The summed E-state index contributed by atoms with van der Waals surface area (Å²) in [6.45, 7) is -0.130. The van der Waals surface area contributed by atoms with Crippen LogP contribution in [-0.4, -0.2) is 51.2 Å². The van der Waals surface area contributed by atoms with E-state index in [1.54, 1.807) is 29.2 Å². The van der Waals surface area contributed by atoms with Crippen molar-refractivity contribution in [3.05, 3.63) is 65.2 Å². The molecule has 1 unspecified atom stereocenters. The van der Waals surface area contributed by atoms with Gasteiger partial charge in [-0.05, 0) is 24.3 Å². The molecule has 184 valence electrons. The van der Waals surface area contributed by atoms with Crippen LogP contribution in [0.1, 0.15) is 22.1 Å². The van der Waals surface area contributed by atoms with E-state index in [0.29, 0.717) is 11.3 Å². The van der Waals surface area contributed by atoms with Gasteiger partial charge >= 0.3 is 6.02 Å². The molecule has 0 saturated carbocycles. The zero-order valence-corrected chi connectivity index (χ0v) is 20.1. The van der Waals surface area contributed by atoms with Crippen molar-refractivity contribution in [1.29, 1.82) is 0 Å². The Morgan fingerprint density at radius 1 is 1.25 bits per heavy atom. The Labute approximate surface area is 210 Å². The summed E-state index contributed by atoms with van der Waals surface area (Å²) in [5.74, 6) is -0.724. The SMILES string of the molecule is CNC(=O)CNC(=O)c1ccc(N=C2NNC(c3c[nH]c4ncc(-c5cnn(C)c5)cc34)O2)c(Cl)c1. The van der Waals surface area contributed by atoms with Gasteiger partial charge in [-0.1, -0.05) is 11.6 Å². The van der Waals surface area contributed by atoms with Gasteiger partial charge in [0.2, 0.25) is 5.91 Å². The van der Waals surface area contributed by atoms with Crippen LogP contribution in [0, 0.1) is 0 Å². The smallest absolute Gasteiger partial charge is 0.306 e. The van der Waals surface area contributed by atoms with Gasteiger partial charge in [0.15, 0.2) is 6.23 Å². The number of hydrogen-bond donors (Lipinski definition) is 5. The summed E-state index contributed by atoms with van der Waals surface area (Å²) >= 11 is 6.34. The van der Waals surface area contributed by atoms with Gasteiger partial charge in [0.05, 0.1) is 23.5 Å². The Morgan fingerprint density at radius 2 is 2.11 bits per heavy atom. The molecule has 0 spiro atoms. The van der Waals surface area contributed by atoms with E-state index < -0.39 is 12.1 Å². The van der Waals surface area contributed by atoms with Gasteiger partial charge in [-0.25, -0.2) is 4.98 Å². The fourth-order valence-electron chi connectivity index (χ4n) is 3.66. The van der Waals surface area contributed by atoms with Crippen LogP contribution < -0.4 is 21.5 Å². The molecule has 12 nitrogen and oxygen atoms in total. The molecule has 0 bridgehead atoms. The zero-order valence-electron chi connectivity index (χ0n) is 19.3. The van der Waals surface area contributed by atoms with Crippen molar-refractivity contribution < 1.29 is 14.3 Å². The number of fused-ring (bicyclic) bond motifs is 1. The van der Waals surface area contributed by atoms with Crippen LogP contribution in [0.3, 0.4) is 0 Å². The first-order valence-corrected chi connectivity index (χ1v) is 11.3. The molecular formula is C23H22ClN9O3. The van der Waals surface area contributed by atoms with Crippen LogP contribution in [0.4, 0.5) is 5.69 Å². The summed E-state index contributed by atoms with van der Waals surface area (Å²) in [6.07, 6.45) is 6.79. The minimum atomic E-state index is -0.531. The maximum atomic E-state index is 12.2. The van der Waals surface area contributed by atoms with Crippen LogP contribution in [0.25, 0.3) is 22.2 Å². The second-order valence-corrected chi connectivity index (χ2v) is 8.38. The molecule has 5 rings (SSSR count). The van der Waals surface area contributed by atoms with Gasteiger partial charge in [-0.3, -0.25) is 19.7 Å². The molecule has 4 aromatic rings. The highest BCUT2D eigenvalue weighted by Crippen LogP contribution is 2.31. The number of nitrogens with one attached hydrogen (secondary N) is 5. The fourth-order valence-corrected chi connectivity index (χ4v) is 3.88. The summed E-state index contributed by atoms with van der Waals surface area (Å²) < 4.78 is 7.70. The average molecular weight is 508 g/mol. The largest absolute Gasteiger partial charge is 0.439 e. The van der Waals surface area contributed by atoms with E-state index in [0.717, 1.165) is 27.7 Å². The number of halogens is 1. The normalized spacial score (nSPS) is 16.1. The van der Waals surface area contributed by atoms with Crippen molar-refractivity contribution in [2.75, 3.05) is 13.6 Å².